The number of ether oxygens (including phenoxy) is 1. The van der Waals surface area contributed by atoms with Crippen molar-refractivity contribution in [3.63, 3.8) is 0 Å². The predicted molar refractivity (Wildman–Crippen MR) is 87.8 cm³/mol. The second-order valence-corrected chi connectivity index (χ2v) is 6.24. The topological polar surface area (TPSA) is 35.2 Å². The van der Waals surface area contributed by atoms with Gasteiger partial charge in [-0.25, -0.2) is 0 Å². The molecule has 0 radical (unpaired) electrons. The third-order valence-electron chi connectivity index (χ3n) is 2.86. The quantitative estimate of drug-likeness (QED) is 0.829. The second kappa shape index (κ2) is 6.61. The van der Waals surface area contributed by atoms with E-state index in [0.29, 0.717) is 10.8 Å². The van der Waals surface area contributed by atoms with Gasteiger partial charge in [-0.05, 0) is 71.6 Å². The van der Waals surface area contributed by atoms with Crippen LogP contribution in [-0.4, -0.2) is 6.04 Å². The van der Waals surface area contributed by atoms with E-state index in [1.165, 1.54) is 5.56 Å². The van der Waals surface area contributed by atoms with Crippen molar-refractivity contribution in [1.29, 1.82) is 0 Å². The molecule has 0 bridgehead atoms. The molecule has 2 aromatic carbocycles. The minimum atomic E-state index is 0.139. The Morgan fingerprint density at radius 3 is 2.50 bits per heavy atom. The summed E-state index contributed by atoms with van der Waals surface area (Å²) in [5.41, 5.74) is 8.09. The second-order valence-electron chi connectivity index (χ2n) is 4.98. The molecule has 2 rings (SSSR count). The van der Waals surface area contributed by atoms with Gasteiger partial charge in [-0.3, -0.25) is 0 Å². The lowest BCUT2D eigenvalue weighted by molar-refractivity contribution is 0.479. The number of rotatable bonds is 4. The molecule has 2 nitrogen and oxygen atoms in total. The summed E-state index contributed by atoms with van der Waals surface area (Å²) in [6, 6.07) is 11.8. The van der Waals surface area contributed by atoms with Gasteiger partial charge in [-0.2, -0.15) is 0 Å². The van der Waals surface area contributed by atoms with E-state index in [1.54, 1.807) is 0 Å². The summed E-state index contributed by atoms with van der Waals surface area (Å²) >= 11 is 9.70. The molecule has 1 unspecified atom stereocenters. The third-order valence-corrected chi connectivity index (χ3v) is 3.78. The van der Waals surface area contributed by atoms with Crippen LogP contribution in [0, 0.1) is 6.92 Å². The van der Waals surface area contributed by atoms with Gasteiger partial charge in [0.15, 0.2) is 0 Å². The van der Waals surface area contributed by atoms with Crippen LogP contribution in [0.4, 0.5) is 0 Å². The Morgan fingerprint density at radius 1 is 1.20 bits per heavy atom. The normalized spacial score (nSPS) is 12.2. The van der Waals surface area contributed by atoms with Crippen molar-refractivity contribution >= 4 is 27.5 Å². The first-order chi connectivity index (χ1) is 9.45. The van der Waals surface area contributed by atoms with Crippen molar-refractivity contribution in [1.82, 2.24) is 0 Å². The molecule has 106 valence electrons. The molecule has 4 heteroatoms. The molecule has 0 aliphatic rings. The van der Waals surface area contributed by atoms with Gasteiger partial charge in [0.25, 0.3) is 0 Å². The highest BCUT2D eigenvalue weighted by molar-refractivity contribution is 9.10. The lowest BCUT2D eigenvalue weighted by Crippen LogP contribution is -2.17. The summed E-state index contributed by atoms with van der Waals surface area (Å²) < 4.78 is 6.74. The van der Waals surface area contributed by atoms with Crippen LogP contribution in [0.2, 0.25) is 5.02 Å². The van der Waals surface area contributed by atoms with E-state index >= 15 is 0 Å². The molecule has 0 saturated carbocycles. The summed E-state index contributed by atoms with van der Waals surface area (Å²) in [4.78, 5) is 0. The third kappa shape index (κ3) is 3.98. The SMILES string of the molecule is Cc1ccc(Oc2ccc(CC(C)N)cc2Br)c(Cl)c1. The average Bonchev–Trinajstić information content (AvgIpc) is 2.34. The van der Waals surface area contributed by atoms with Crippen molar-refractivity contribution in [3.8, 4) is 11.5 Å². The fourth-order valence-electron chi connectivity index (χ4n) is 1.93. The number of hydrogen-bond donors (Lipinski definition) is 1. The Bertz CT molecular complexity index is 613. The van der Waals surface area contributed by atoms with Gasteiger partial charge in [0, 0.05) is 6.04 Å². The highest BCUT2D eigenvalue weighted by atomic mass is 79.9. The number of halogens is 2. The molecule has 0 saturated heterocycles. The molecule has 2 aromatic rings. The number of benzene rings is 2. The van der Waals surface area contributed by atoms with Crippen LogP contribution in [0.25, 0.3) is 0 Å². The molecule has 0 aromatic heterocycles. The lowest BCUT2D eigenvalue weighted by Gasteiger charge is -2.12. The molecule has 0 heterocycles. The zero-order chi connectivity index (χ0) is 14.7. The van der Waals surface area contributed by atoms with Crippen LogP contribution in [0.15, 0.2) is 40.9 Å². The molecule has 20 heavy (non-hydrogen) atoms. The summed E-state index contributed by atoms with van der Waals surface area (Å²) in [5, 5.41) is 0.608. The fourth-order valence-corrected chi connectivity index (χ4v) is 2.71. The fraction of sp³-hybridized carbons (Fsp3) is 0.250. The largest absolute Gasteiger partial charge is 0.455 e. The molecular weight excluding hydrogens is 338 g/mol. The van der Waals surface area contributed by atoms with E-state index in [1.807, 2.05) is 50.2 Å². The molecule has 0 aliphatic carbocycles. The van der Waals surface area contributed by atoms with Gasteiger partial charge < -0.3 is 10.5 Å². The summed E-state index contributed by atoms with van der Waals surface area (Å²) in [6.45, 7) is 3.98. The Hall–Kier alpha value is -1.03. The zero-order valence-corrected chi connectivity index (χ0v) is 13.8. The molecular formula is C16H17BrClNO. The highest BCUT2D eigenvalue weighted by Crippen LogP contribution is 2.34. The van der Waals surface area contributed by atoms with Crippen LogP contribution in [-0.2, 0) is 6.42 Å². The molecule has 2 N–H and O–H groups in total. The molecule has 1 atom stereocenters. The summed E-state index contributed by atoms with van der Waals surface area (Å²) in [5.74, 6) is 1.39. The molecule has 0 fully saturated rings. The van der Waals surface area contributed by atoms with Crippen LogP contribution >= 0.6 is 27.5 Å². The first-order valence-electron chi connectivity index (χ1n) is 6.43. The van der Waals surface area contributed by atoms with Crippen molar-refractivity contribution < 1.29 is 4.74 Å². The predicted octanol–water partition coefficient (Wildman–Crippen LogP) is 5.09. The highest BCUT2D eigenvalue weighted by Gasteiger charge is 2.08. The first-order valence-corrected chi connectivity index (χ1v) is 7.61. The van der Waals surface area contributed by atoms with Crippen LogP contribution < -0.4 is 10.5 Å². The molecule has 0 amide bonds. The lowest BCUT2D eigenvalue weighted by atomic mass is 10.1. The minimum absolute atomic E-state index is 0.139. The Balaban J connectivity index is 2.21. The maximum absolute atomic E-state index is 6.18. The van der Waals surface area contributed by atoms with E-state index < -0.39 is 0 Å². The van der Waals surface area contributed by atoms with Crippen molar-refractivity contribution in [3.05, 3.63) is 57.0 Å². The van der Waals surface area contributed by atoms with Crippen molar-refractivity contribution in [2.45, 2.75) is 26.3 Å². The Kier molecular flexibility index (Phi) is 5.08. The van der Waals surface area contributed by atoms with Gasteiger partial charge in [0.05, 0.1) is 9.50 Å². The van der Waals surface area contributed by atoms with Crippen LogP contribution in [0.5, 0.6) is 11.5 Å². The maximum Gasteiger partial charge on any atom is 0.146 e. The van der Waals surface area contributed by atoms with Gasteiger partial charge in [0.1, 0.15) is 11.5 Å². The van der Waals surface area contributed by atoms with Crippen LogP contribution in [0.1, 0.15) is 18.1 Å². The Labute approximate surface area is 133 Å². The minimum Gasteiger partial charge on any atom is -0.455 e. The average molecular weight is 355 g/mol. The first kappa shape index (κ1) is 15.4. The molecule has 0 spiro atoms. The van der Waals surface area contributed by atoms with Gasteiger partial charge in [-0.1, -0.05) is 23.7 Å². The maximum atomic E-state index is 6.18. The van der Waals surface area contributed by atoms with Gasteiger partial charge in [-0.15, -0.1) is 0 Å². The van der Waals surface area contributed by atoms with Crippen molar-refractivity contribution in [2.75, 3.05) is 0 Å². The van der Waals surface area contributed by atoms with E-state index in [-0.39, 0.29) is 6.04 Å². The van der Waals surface area contributed by atoms with Gasteiger partial charge >= 0.3 is 0 Å². The monoisotopic (exact) mass is 353 g/mol. The Morgan fingerprint density at radius 2 is 1.90 bits per heavy atom. The van der Waals surface area contributed by atoms with E-state index in [2.05, 4.69) is 15.9 Å². The smallest absolute Gasteiger partial charge is 0.146 e. The van der Waals surface area contributed by atoms with E-state index in [9.17, 15) is 0 Å². The standard InChI is InChI=1S/C16H17BrClNO/c1-10-3-5-16(14(18)7-10)20-15-6-4-12(8-11(2)19)9-13(15)17/h3-7,9,11H,8,19H2,1-2H3. The summed E-state index contributed by atoms with van der Waals surface area (Å²) in [7, 11) is 0. The number of aryl methyl sites for hydroxylation is 1. The number of nitrogens with two attached hydrogens (primary N) is 1. The molecule has 0 aliphatic heterocycles. The number of hydrogen-bond acceptors (Lipinski definition) is 2. The van der Waals surface area contributed by atoms with E-state index in [0.717, 1.165) is 22.2 Å². The van der Waals surface area contributed by atoms with E-state index in [4.69, 9.17) is 22.1 Å². The summed E-state index contributed by atoms with van der Waals surface area (Å²) in [6.07, 6.45) is 0.837. The van der Waals surface area contributed by atoms with Gasteiger partial charge in [0.2, 0.25) is 0 Å². The zero-order valence-electron chi connectivity index (χ0n) is 11.5. The van der Waals surface area contributed by atoms with Crippen LogP contribution in [0.3, 0.4) is 0 Å². The van der Waals surface area contributed by atoms with Crippen molar-refractivity contribution in [2.24, 2.45) is 5.73 Å².